The molecule has 0 saturated heterocycles. The normalized spacial score (nSPS) is 26.3. The fourth-order valence-corrected chi connectivity index (χ4v) is 5.20. The summed E-state index contributed by atoms with van der Waals surface area (Å²) in [7, 11) is 3.03. The fourth-order valence-electron chi connectivity index (χ4n) is 4.91. The Morgan fingerprint density at radius 1 is 1.30 bits per heavy atom. The van der Waals surface area contributed by atoms with Gasteiger partial charge in [-0.25, -0.2) is 0 Å². The van der Waals surface area contributed by atoms with Crippen molar-refractivity contribution in [3.63, 3.8) is 0 Å². The van der Waals surface area contributed by atoms with E-state index < -0.39 is 0 Å². The lowest BCUT2D eigenvalue weighted by atomic mass is 9.60. The molecule has 1 saturated carbocycles. The SMILES string of the molecule is CCN[C@H]1CC[C@@H](C)[C@](C)(/C=C/C(C)=C/Cc2c(O)c(/C=N/OC)c(C)c(Cl)c2OC)[C@H]1C. The van der Waals surface area contributed by atoms with Gasteiger partial charge in [0.1, 0.15) is 18.6 Å². The van der Waals surface area contributed by atoms with Crippen LogP contribution in [0.3, 0.4) is 0 Å². The van der Waals surface area contributed by atoms with Gasteiger partial charge in [-0.05, 0) is 62.5 Å². The molecular weight excluding hydrogens is 436 g/mol. The van der Waals surface area contributed by atoms with Gasteiger partial charge in [-0.3, -0.25) is 0 Å². The molecule has 4 atom stereocenters. The first-order valence-electron chi connectivity index (χ1n) is 11.9. The minimum Gasteiger partial charge on any atom is -0.507 e. The zero-order chi connectivity index (χ0) is 24.8. The van der Waals surface area contributed by atoms with Gasteiger partial charge >= 0.3 is 0 Å². The molecule has 0 spiro atoms. The van der Waals surface area contributed by atoms with Gasteiger partial charge in [0.15, 0.2) is 0 Å². The zero-order valence-electron chi connectivity index (χ0n) is 21.5. The number of phenols is 1. The molecule has 0 radical (unpaired) electrons. The number of nitrogens with one attached hydrogen (secondary N) is 1. The van der Waals surface area contributed by atoms with E-state index in [0.29, 0.717) is 51.8 Å². The van der Waals surface area contributed by atoms with Crippen molar-refractivity contribution in [3.05, 3.63) is 45.5 Å². The Hall–Kier alpha value is -1.98. The molecule has 1 aromatic carbocycles. The van der Waals surface area contributed by atoms with E-state index in [2.05, 4.69) is 63.3 Å². The summed E-state index contributed by atoms with van der Waals surface area (Å²) >= 11 is 6.54. The highest BCUT2D eigenvalue weighted by atomic mass is 35.5. The molecule has 0 amide bonds. The molecule has 184 valence electrons. The Balaban J connectivity index is 2.33. The average Bonchev–Trinajstić information content (AvgIpc) is 2.79. The minimum absolute atomic E-state index is 0.109. The Morgan fingerprint density at radius 2 is 2.00 bits per heavy atom. The van der Waals surface area contributed by atoms with E-state index in [0.717, 1.165) is 12.1 Å². The Labute approximate surface area is 204 Å². The summed E-state index contributed by atoms with van der Waals surface area (Å²) in [4.78, 5) is 4.79. The van der Waals surface area contributed by atoms with Gasteiger partial charge in [-0.15, -0.1) is 0 Å². The molecule has 0 aromatic heterocycles. The number of ether oxygens (including phenoxy) is 1. The van der Waals surface area contributed by atoms with Gasteiger partial charge < -0.3 is 20.0 Å². The van der Waals surface area contributed by atoms with Crippen LogP contribution in [0.4, 0.5) is 0 Å². The van der Waals surface area contributed by atoms with E-state index in [1.165, 1.54) is 26.2 Å². The second-order valence-corrected chi connectivity index (χ2v) is 9.79. The first-order chi connectivity index (χ1) is 15.6. The third-order valence-electron chi connectivity index (χ3n) is 7.60. The molecule has 0 heterocycles. The van der Waals surface area contributed by atoms with Crippen molar-refractivity contribution in [2.45, 2.75) is 66.8 Å². The number of phenolic OH excluding ortho intramolecular Hbond substituents is 1. The predicted molar refractivity (Wildman–Crippen MR) is 139 cm³/mol. The van der Waals surface area contributed by atoms with E-state index in [-0.39, 0.29) is 11.2 Å². The van der Waals surface area contributed by atoms with Crippen LogP contribution in [0.5, 0.6) is 11.5 Å². The predicted octanol–water partition coefficient (Wildman–Crippen LogP) is 6.44. The maximum absolute atomic E-state index is 10.9. The first-order valence-corrected chi connectivity index (χ1v) is 12.2. The lowest BCUT2D eigenvalue weighted by Crippen LogP contribution is -2.48. The highest BCUT2D eigenvalue weighted by Gasteiger charge is 2.42. The number of benzene rings is 1. The summed E-state index contributed by atoms with van der Waals surface area (Å²) in [5.74, 6) is 1.77. The lowest BCUT2D eigenvalue weighted by Gasteiger charge is -2.47. The standard InChI is InChI=1S/C27H41ClN2O3/c1-9-29-23-13-11-18(3)27(6,20(23)5)15-14-17(2)10-12-21-25(31)22(16-30-33-8)19(4)24(28)26(21)32-7/h10,14-16,18,20,23,29,31H,9,11-13H2,1-8H3/b15-14+,17-10+,30-16+/t18-,20+,23+,27+/m1/s1. The van der Waals surface area contributed by atoms with Crippen LogP contribution in [-0.4, -0.2) is 38.1 Å². The largest absolute Gasteiger partial charge is 0.507 e. The van der Waals surface area contributed by atoms with Gasteiger partial charge in [0.05, 0.1) is 18.3 Å². The van der Waals surface area contributed by atoms with Gasteiger partial charge in [-0.1, -0.05) is 68.3 Å². The molecule has 5 nitrogen and oxygen atoms in total. The number of halogens is 1. The number of hydrogen-bond donors (Lipinski definition) is 2. The van der Waals surface area contributed by atoms with E-state index in [4.69, 9.17) is 21.2 Å². The number of oxime groups is 1. The molecule has 1 aromatic rings. The van der Waals surface area contributed by atoms with Gasteiger partial charge in [0.25, 0.3) is 0 Å². The molecule has 2 N–H and O–H groups in total. The van der Waals surface area contributed by atoms with Crippen LogP contribution >= 0.6 is 11.6 Å². The Kier molecular flexibility index (Phi) is 9.86. The topological polar surface area (TPSA) is 63.1 Å². The first kappa shape index (κ1) is 27.3. The van der Waals surface area contributed by atoms with Crippen LogP contribution in [0.1, 0.15) is 64.2 Å². The van der Waals surface area contributed by atoms with E-state index >= 15 is 0 Å². The quantitative estimate of drug-likeness (QED) is 0.244. The van der Waals surface area contributed by atoms with Crippen molar-refractivity contribution in [2.75, 3.05) is 20.8 Å². The number of allylic oxidation sites excluding steroid dienone is 4. The van der Waals surface area contributed by atoms with Crippen LogP contribution in [0.2, 0.25) is 5.02 Å². The second-order valence-electron chi connectivity index (χ2n) is 9.41. The molecule has 1 aliphatic carbocycles. The number of aromatic hydroxyl groups is 1. The van der Waals surface area contributed by atoms with Crippen molar-refractivity contribution < 1.29 is 14.7 Å². The molecular formula is C27H41ClN2O3. The second kappa shape index (κ2) is 11.9. The third-order valence-corrected chi connectivity index (χ3v) is 8.05. The molecule has 33 heavy (non-hydrogen) atoms. The van der Waals surface area contributed by atoms with Crippen molar-refractivity contribution in [2.24, 2.45) is 22.4 Å². The zero-order valence-corrected chi connectivity index (χ0v) is 22.2. The number of methoxy groups -OCH3 is 1. The maximum atomic E-state index is 10.9. The van der Waals surface area contributed by atoms with Crippen molar-refractivity contribution in [1.82, 2.24) is 5.32 Å². The fraction of sp³-hybridized carbons (Fsp3) is 0.593. The molecule has 0 unspecified atom stereocenters. The summed E-state index contributed by atoms with van der Waals surface area (Å²) in [5, 5.41) is 18.9. The van der Waals surface area contributed by atoms with Crippen LogP contribution in [-0.2, 0) is 11.3 Å². The van der Waals surface area contributed by atoms with Crippen molar-refractivity contribution in [3.8, 4) is 11.5 Å². The van der Waals surface area contributed by atoms with Crippen LogP contribution < -0.4 is 10.1 Å². The number of nitrogens with zero attached hydrogens (tertiary/aromatic N) is 1. The summed E-state index contributed by atoms with van der Waals surface area (Å²) in [6, 6.07) is 0.549. The molecule has 0 bridgehead atoms. The molecule has 6 heteroatoms. The molecule has 1 fully saturated rings. The molecule has 2 rings (SSSR count). The summed E-state index contributed by atoms with van der Waals surface area (Å²) in [6.07, 6.45) is 11.1. The smallest absolute Gasteiger partial charge is 0.144 e. The summed E-state index contributed by atoms with van der Waals surface area (Å²) in [5.41, 5.74) is 3.12. The van der Waals surface area contributed by atoms with Gasteiger partial charge in [0, 0.05) is 17.2 Å². The van der Waals surface area contributed by atoms with E-state index in [9.17, 15) is 5.11 Å². The monoisotopic (exact) mass is 476 g/mol. The van der Waals surface area contributed by atoms with Crippen molar-refractivity contribution >= 4 is 17.8 Å². The van der Waals surface area contributed by atoms with E-state index in [1.807, 2.05) is 6.92 Å². The van der Waals surface area contributed by atoms with Crippen LogP contribution in [0.25, 0.3) is 0 Å². The average molecular weight is 477 g/mol. The van der Waals surface area contributed by atoms with Gasteiger partial charge in [-0.2, -0.15) is 0 Å². The number of rotatable bonds is 9. The third kappa shape index (κ3) is 5.93. The molecule has 0 aliphatic heterocycles. The molecule has 1 aliphatic rings. The van der Waals surface area contributed by atoms with Crippen molar-refractivity contribution in [1.29, 1.82) is 0 Å². The van der Waals surface area contributed by atoms with Crippen LogP contribution in [0, 0.1) is 24.2 Å². The highest BCUT2D eigenvalue weighted by Crippen LogP contribution is 2.46. The number of hydrogen-bond acceptors (Lipinski definition) is 5. The Bertz CT molecular complexity index is 909. The summed E-state index contributed by atoms with van der Waals surface area (Å²) < 4.78 is 5.54. The summed E-state index contributed by atoms with van der Waals surface area (Å²) in [6.45, 7) is 14.2. The minimum atomic E-state index is 0.109. The Morgan fingerprint density at radius 3 is 2.61 bits per heavy atom. The lowest BCUT2D eigenvalue weighted by molar-refractivity contribution is 0.0802. The highest BCUT2D eigenvalue weighted by molar-refractivity contribution is 6.33. The van der Waals surface area contributed by atoms with E-state index in [1.54, 1.807) is 7.11 Å². The van der Waals surface area contributed by atoms with Gasteiger partial charge in [0.2, 0.25) is 0 Å². The maximum Gasteiger partial charge on any atom is 0.144 e. The van der Waals surface area contributed by atoms with Crippen LogP contribution in [0.15, 0.2) is 29.0 Å².